The van der Waals surface area contributed by atoms with Gasteiger partial charge < -0.3 is 15.4 Å². The molecule has 0 spiro atoms. The van der Waals surface area contributed by atoms with E-state index in [0.29, 0.717) is 16.8 Å². The molecule has 0 radical (unpaired) electrons. The molecular formula is C16H22N4O2S2. The number of hydrogen-bond donors (Lipinski definition) is 2. The highest BCUT2D eigenvalue weighted by molar-refractivity contribution is 8.01. The summed E-state index contributed by atoms with van der Waals surface area (Å²) in [6.07, 6.45) is 0. The maximum Gasteiger partial charge on any atom is 0.230 e. The average molecular weight is 367 g/mol. The molecule has 1 amide bonds. The van der Waals surface area contributed by atoms with Crippen LogP contribution in [-0.2, 0) is 4.79 Å². The second-order valence-electron chi connectivity index (χ2n) is 5.62. The molecule has 0 saturated carbocycles. The zero-order chi connectivity index (χ0) is 17.5. The fourth-order valence-electron chi connectivity index (χ4n) is 1.71. The van der Waals surface area contributed by atoms with Gasteiger partial charge in [0, 0.05) is 11.7 Å². The molecule has 2 rings (SSSR count). The van der Waals surface area contributed by atoms with Crippen LogP contribution in [0, 0.1) is 5.92 Å². The first kappa shape index (κ1) is 18.5. The lowest BCUT2D eigenvalue weighted by Gasteiger charge is -2.16. The van der Waals surface area contributed by atoms with Gasteiger partial charge in [0.25, 0.3) is 0 Å². The maximum absolute atomic E-state index is 11.9. The topological polar surface area (TPSA) is 76.1 Å². The van der Waals surface area contributed by atoms with E-state index in [1.165, 1.54) is 23.1 Å². The van der Waals surface area contributed by atoms with Gasteiger partial charge in [0.05, 0.1) is 12.9 Å². The van der Waals surface area contributed by atoms with Crippen molar-refractivity contribution in [2.75, 3.05) is 18.2 Å². The molecule has 0 saturated heterocycles. The summed E-state index contributed by atoms with van der Waals surface area (Å²) in [6.45, 7) is 6.18. The van der Waals surface area contributed by atoms with E-state index in [1.807, 2.05) is 31.2 Å². The van der Waals surface area contributed by atoms with Crippen molar-refractivity contribution in [3.8, 4) is 5.75 Å². The highest BCUT2D eigenvalue weighted by Gasteiger charge is 2.12. The molecule has 1 aromatic heterocycles. The third-order valence-corrected chi connectivity index (χ3v) is 5.44. The van der Waals surface area contributed by atoms with Crippen LogP contribution in [0.4, 0.5) is 10.8 Å². The lowest BCUT2D eigenvalue weighted by Crippen LogP contribution is -2.37. The molecule has 1 aromatic carbocycles. The van der Waals surface area contributed by atoms with Crippen LogP contribution in [-0.4, -0.2) is 35.0 Å². The largest absolute Gasteiger partial charge is 0.497 e. The molecule has 0 aliphatic rings. The molecule has 1 atom stereocenters. The number of thioether (sulfide) groups is 1. The molecule has 24 heavy (non-hydrogen) atoms. The van der Waals surface area contributed by atoms with Gasteiger partial charge in [-0.05, 0) is 37.1 Å². The van der Waals surface area contributed by atoms with Gasteiger partial charge in [-0.1, -0.05) is 36.9 Å². The van der Waals surface area contributed by atoms with E-state index < -0.39 is 0 Å². The Morgan fingerprint density at radius 3 is 2.58 bits per heavy atom. The van der Waals surface area contributed by atoms with Crippen LogP contribution >= 0.6 is 23.1 Å². The number of benzene rings is 1. The van der Waals surface area contributed by atoms with E-state index in [1.54, 1.807) is 7.11 Å². The van der Waals surface area contributed by atoms with Crippen molar-refractivity contribution in [3.63, 3.8) is 0 Å². The van der Waals surface area contributed by atoms with Crippen LogP contribution < -0.4 is 15.4 Å². The van der Waals surface area contributed by atoms with Crippen molar-refractivity contribution >= 4 is 39.8 Å². The summed E-state index contributed by atoms with van der Waals surface area (Å²) in [5.74, 6) is 1.58. The summed E-state index contributed by atoms with van der Waals surface area (Å²) in [7, 11) is 1.63. The average Bonchev–Trinajstić information content (AvgIpc) is 3.01. The normalized spacial score (nSPS) is 12.0. The van der Waals surface area contributed by atoms with Crippen molar-refractivity contribution in [1.29, 1.82) is 0 Å². The zero-order valence-corrected chi connectivity index (χ0v) is 15.8. The van der Waals surface area contributed by atoms with E-state index in [2.05, 4.69) is 34.7 Å². The predicted octanol–water partition coefficient (Wildman–Crippen LogP) is 3.54. The maximum atomic E-state index is 11.9. The smallest absolute Gasteiger partial charge is 0.230 e. The second-order valence-corrected chi connectivity index (χ2v) is 7.82. The Morgan fingerprint density at radius 2 is 1.96 bits per heavy atom. The number of carbonyl (C=O) groups is 1. The minimum absolute atomic E-state index is 0.0149. The number of rotatable bonds is 8. The summed E-state index contributed by atoms with van der Waals surface area (Å²) < 4.78 is 5.89. The molecule has 0 fully saturated rings. The standard InChI is InChI=1S/C16H22N4O2S2/c1-10(2)11(3)17-14(21)9-23-16-20-19-15(24-16)18-12-5-7-13(22-4)8-6-12/h5-8,10-11H,9H2,1-4H3,(H,17,21)(H,18,19). The summed E-state index contributed by atoms with van der Waals surface area (Å²) in [4.78, 5) is 11.9. The van der Waals surface area contributed by atoms with Gasteiger partial charge in [0.15, 0.2) is 4.34 Å². The number of aromatic nitrogens is 2. The molecule has 8 heteroatoms. The van der Waals surface area contributed by atoms with Gasteiger partial charge >= 0.3 is 0 Å². The number of amides is 1. The van der Waals surface area contributed by atoms with Crippen LogP contribution in [0.5, 0.6) is 5.75 Å². The van der Waals surface area contributed by atoms with Gasteiger partial charge in [0.2, 0.25) is 11.0 Å². The van der Waals surface area contributed by atoms with Crippen LogP contribution in [0.15, 0.2) is 28.6 Å². The molecule has 0 aliphatic heterocycles. The van der Waals surface area contributed by atoms with Crippen LogP contribution in [0.2, 0.25) is 0 Å². The highest BCUT2D eigenvalue weighted by atomic mass is 32.2. The summed E-state index contributed by atoms with van der Waals surface area (Å²) in [5.41, 5.74) is 0.909. The fraction of sp³-hybridized carbons (Fsp3) is 0.438. The van der Waals surface area contributed by atoms with Crippen molar-refractivity contribution in [2.45, 2.75) is 31.2 Å². The summed E-state index contributed by atoms with van der Waals surface area (Å²) in [6, 6.07) is 7.74. The quantitative estimate of drug-likeness (QED) is 0.696. The van der Waals surface area contributed by atoms with Crippen LogP contribution in [0.25, 0.3) is 0 Å². The SMILES string of the molecule is COc1ccc(Nc2nnc(SCC(=O)NC(C)C(C)C)s2)cc1. The number of anilines is 2. The van der Waals surface area contributed by atoms with Crippen molar-refractivity contribution in [3.05, 3.63) is 24.3 Å². The second kappa shape index (κ2) is 8.89. The number of carbonyl (C=O) groups excluding carboxylic acids is 1. The van der Waals surface area contributed by atoms with Gasteiger partial charge in [0.1, 0.15) is 5.75 Å². The third kappa shape index (κ3) is 5.68. The lowest BCUT2D eigenvalue weighted by atomic mass is 10.1. The van der Waals surface area contributed by atoms with Crippen molar-refractivity contribution < 1.29 is 9.53 Å². The van der Waals surface area contributed by atoms with Gasteiger partial charge in [-0.3, -0.25) is 4.79 Å². The Balaban J connectivity index is 1.83. The van der Waals surface area contributed by atoms with E-state index in [9.17, 15) is 4.79 Å². The summed E-state index contributed by atoms with van der Waals surface area (Å²) in [5, 5.41) is 15.0. The van der Waals surface area contributed by atoms with Crippen molar-refractivity contribution in [1.82, 2.24) is 15.5 Å². The predicted molar refractivity (Wildman–Crippen MR) is 99.4 cm³/mol. The molecule has 1 unspecified atom stereocenters. The highest BCUT2D eigenvalue weighted by Crippen LogP contribution is 2.28. The van der Waals surface area contributed by atoms with Gasteiger partial charge in [-0.2, -0.15) is 0 Å². The minimum atomic E-state index is 0.0149. The molecule has 0 aliphatic carbocycles. The number of hydrogen-bond acceptors (Lipinski definition) is 7. The first-order chi connectivity index (χ1) is 11.5. The van der Waals surface area contributed by atoms with Crippen LogP contribution in [0.1, 0.15) is 20.8 Å². The Kier molecular flexibility index (Phi) is 6.86. The van der Waals surface area contributed by atoms with Gasteiger partial charge in [-0.15, -0.1) is 10.2 Å². The number of nitrogens with one attached hydrogen (secondary N) is 2. The third-order valence-electron chi connectivity index (χ3n) is 3.46. The Hall–Kier alpha value is -1.80. The Labute approximate surface area is 150 Å². The lowest BCUT2D eigenvalue weighted by molar-refractivity contribution is -0.119. The molecule has 0 bridgehead atoms. The van der Waals surface area contributed by atoms with Crippen molar-refractivity contribution in [2.24, 2.45) is 5.92 Å². The van der Waals surface area contributed by atoms with Gasteiger partial charge in [-0.25, -0.2) is 0 Å². The Morgan fingerprint density at radius 1 is 1.25 bits per heavy atom. The number of nitrogens with zero attached hydrogens (tertiary/aromatic N) is 2. The molecule has 6 nitrogen and oxygen atoms in total. The number of ether oxygens (including phenoxy) is 1. The minimum Gasteiger partial charge on any atom is -0.497 e. The van der Waals surface area contributed by atoms with E-state index in [-0.39, 0.29) is 11.9 Å². The van der Waals surface area contributed by atoms with Crippen LogP contribution in [0.3, 0.4) is 0 Å². The molecule has 2 N–H and O–H groups in total. The Bertz CT molecular complexity index is 658. The monoisotopic (exact) mass is 366 g/mol. The fourth-order valence-corrected chi connectivity index (χ4v) is 3.29. The zero-order valence-electron chi connectivity index (χ0n) is 14.2. The van der Waals surface area contributed by atoms with E-state index in [0.717, 1.165) is 15.8 Å². The molecule has 130 valence electrons. The first-order valence-electron chi connectivity index (χ1n) is 7.64. The first-order valence-corrected chi connectivity index (χ1v) is 9.45. The number of methoxy groups -OCH3 is 1. The van der Waals surface area contributed by atoms with E-state index >= 15 is 0 Å². The molecule has 1 heterocycles. The van der Waals surface area contributed by atoms with E-state index in [4.69, 9.17) is 4.74 Å². The molecule has 2 aromatic rings. The summed E-state index contributed by atoms with van der Waals surface area (Å²) >= 11 is 2.82. The molecular weight excluding hydrogens is 344 g/mol.